The van der Waals surface area contributed by atoms with E-state index in [0.717, 1.165) is 11.1 Å². The Kier molecular flexibility index (Phi) is 5.31. The van der Waals surface area contributed by atoms with Crippen LogP contribution in [0.15, 0.2) is 47.4 Å². The number of nitrogens with zero attached hydrogens (tertiary/aromatic N) is 1. The van der Waals surface area contributed by atoms with Crippen molar-refractivity contribution < 1.29 is 18.0 Å². The number of benzene rings is 2. The van der Waals surface area contributed by atoms with Gasteiger partial charge in [-0.15, -0.1) is 0 Å². The monoisotopic (exact) mass is 385 g/mol. The zero-order valence-corrected chi connectivity index (χ0v) is 16.5. The molecule has 0 spiro atoms. The molecule has 0 aromatic heterocycles. The van der Waals surface area contributed by atoms with Crippen molar-refractivity contribution in [2.24, 2.45) is 0 Å². The van der Waals surface area contributed by atoms with Crippen LogP contribution in [0.25, 0.3) is 0 Å². The smallest absolute Gasteiger partial charge is 0.243 e. The molecule has 0 saturated carbocycles. The van der Waals surface area contributed by atoms with Crippen LogP contribution in [0.4, 0.5) is 0 Å². The van der Waals surface area contributed by atoms with Gasteiger partial charge < -0.3 is 0 Å². The van der Waals surface area contributed by atoms with E-state index in [1.807, 2.05) is 26.0 Å². The van der Waals surface area contributed by atoms with Crippen molar-refractivity contribution in [1.29, 1.82) is 0 Å². The Morgan fingerprint density at radius 1 is 1.00 bits per heavy atom. The van der Waals surface area contributed by atoms with Crippen molar-refractivity contribution in [2.75, 3.05) is 6.54 Å². The summed E-state index contributed by atoms with van der Waals surface area (Å²) >= 11 is 0. The molecule has 0 amide bonds. The molecule has 1 heterocycles. The zero-order chi connectivity index (χ0) is 19.8. The molecule has 1 atom stereocenters. The van der Waals surface area contributed by atoms with Crippen LogP contribution >= 0.6 is 0 Å². The fourth-order valence-corrected chi connectivity index (χ4v) is 5.09. The summed E-state index contributed by atoms with van der Waals surface area (Å²) < 4.78 is 27.6. The molecule has 0 aliphatic carbocycles. The van der Waals surface area contributed by atoms with Gasteiger partial charge in [0.05, 0.1) is 10.9 Å². The normalized spacial score (nSPS) is 17.8. The molecule has 1 aliphatic heterocycles. The molecule has 1 aliphatic rings. The summed E-state index contributed by atoms with van der Waals surface area (Å²) in [5.74, 6) is -0.377. The molecule has 0 N–H and O–H groups in total. The molecule has 0 radical (unpaired) electrons. The SMILES string of the molecule is CC(=O)c1cccc(S(=O)(=O)N2CCCC2C(=O)c2ccc(C)c(C)c2)c1. The van der Waals surface area contributed by atoms with Gasteiger partial charge in [0.2, 0.25) is 10.0 Å². The number of hydrogen-bond donors (Lipinski definition) is 0. The second kappa shape index (κ2) is 7.37. The highest BCUT2D eigenvalue weighted by Gasteiger charge is 2.39. The van der Waals surface area contributed by atoms with Gasteiger partial charge in [-0.05, 0) is 62.9 Å². The van der Waals surface area contributed by atoms with Crippen molar-refractivity contribution in [2.45, 2.75) is 44.6 Å². The Balaban J connectivity index is 1.95. The van der Waals surface area contributed by atoms with Crippen LogP contribution in [0.2, 0.25) is 0 Å². The van der Waals surface area contributed by atoms with Crippen LogP contribution < -0.4 is 0 Å². The summed E-state index contributed by atoms with van der Waals surface area (Å²) in [4.78, 5) is 24.7. The molecule has 2 aromatic carbocycles. The highest BCUT2D eigenvalue weighted by Crippen LogP contribution is 2.29. The number of sulfonamides is 1. The number of rotatable bonds is 5. The molecule has 6 heteroatoms. The Bertz CT molecular complexity index is 1010. The van der Waals surface area contributed by atoms with Gasteiger partial charge in [0, 0.05) is 17.7 Å². The average Bonchev–Trinajstić information content (AvgIpc) is 3.14. The molecule has 1 saturated heterocycles. The number of Topliss-reactive ketones (excluding diaryl/α,β-unsaturated/α-hetero) is 2. The third-order valence-electron chi connectivity index (χ3n) is 5.14. The van der Waals surface area contributed by atoms with E-state index in [-0.39, 0.29) is 16.5 Å². The van der Waals surface area contributed by atoms with Gasteiger partial charge in [-0.25, -0.2) is 8.42 Å². The van der Waals surface area contributed by atoms with Crippen LogP contribution in [0.5, 0.6) is 0 Å². The first-order valence-corrected chi connectivity index (χ1v) is 10.4. The van der Waals surface area contributed by atoms with Gasteiger partial charge in [0.1, 0.15) is 0 Å². The molecule has 1 unspecified atom stereocenters. The van der Waals surface area contributed by atoms with E-state index in [4.69, 9.17) is 0 Å². The van der Waals surface area contributed by atoms with E-state index >= 15 is 0 Å². The highest BCUT2D eigenvalue weighted by atomic mass is 32.2. The van der Waals surface area contributed by atoms with Crippen LogP contribution in [0.1, 0.15) is 51.6 Å². The van der Waals surface area contributed by atoms with Crippen LogP contribution in [-0.4, -0.2) is 36.9 Å². The zero-order valence-electron chi connectivity index (χ0n) is 15.7. The fourth-order valence-electron chi connectivity index (χ4n) is 3.39. The third-order valence-corrected chi connectivity index (χ3v) is 7.05. The van der Waals surface area contributed by atoms with Gasteiger partial charge in [-0.2, -0.15) is 4.31 Å². The maximum Gasteiger partial charge on any atom is 0.243 e. The van der Waals surface area contributed by atoms with Crippen molar-refractivity contribution in [3.05, 3.63) is 64.7 Å². The largest absolute Gasteiger partial charge is 0.295 e. The predicted octanol–water partition coefficient (Wildman–Crippen LogP) is 3.54. The first-order chi connectivity index (χ1) is 12.7. The topological polar surface area (TPSA) is 71.5 Å². The van der Waals surface area contributed by atoms with E-state index in [2.05, 4.69) is 0 Å². The predicted molar refractivity (Wildman–Crippen MR) is 104 cm³/mol. The molecule has 3 rings (SSSR count). The van der Waals surface area contributed by atoms with Gasteiger partial charge in [-0.1, -0.05) is 24.3 Å². The molecule has 5 nitrogen and oxygen atoms in total. The minimum atomic E-state index is -3.85. The Morgan fingerprint density at radius 2 is 1.74 bits per heavy atom. The van der Waals surface area contributed by atoms with Crippen molar-refractivity contribution in [3.63, 3.8) is 0 Å². The minimum absolute atomic E-state index is 0.0509. The molecular weight excluding hydrogens is 362 g/mol. The maximum atomic E-state index is 13.1. The van der Waals surface area contributed by atoms with E-state index in [1.165, 1.54) is 23.4 Å². The molecule has 2 aromatic rings. The van der Waals surface area contributed by atoms with E-state index < -0.39 is 16.1 Å². The number of hydrogen-bond acceptors (Lipinski definition) is 4. The molecular formula is C21H23NO4S. The Labute approximate surface area is 160 Å². The van der Waals surface area contributed by atoms with Crippen LogP contribution in [-0.2, 0) is 10.0 Å². The average molecular weight is 385 g/mol. The van der Waals surface area contributed by atoms with E-state index in [1.54, 1.807) is 18.2 Å². The second-order valence-electron chi connectivity index (χ2n) is 7.02. The first kappa shape index (κ1) is 19.5. The lowest BCUT2D eigenvalue weighted by molar-refractivity contribution is 0.0917. The summed E-state index contributed by atoms with van der Waals surface area (Å²) in [5, 5.41) is 0. The second-order valence-corrected chi connectivity index (χ2v) is 8.91. The molecule has 0 bridgehead atoms. The van der Waals surface area contributed by atoms with E-state index in [0.29, 0.717) is 30.5 Å². The van der Waals surface area contributed by atoms with Gasteiger partial charge in [-0.3, -0.25) is 9.59 Å². The van der Waals surface area contributed by atoms with Gasteiger partial charge in [0.15, 0.2) is 11.6 Å². The standard InChI is InChI=1S/C21H23NO4S/c1-14-9-10-18(12-15(14)2)21(24)20-8-5-11-22(20)27(25,26)19-7-4-6-17(13-19)16(3)23/h4,6-7,9-10,12-13,20H,5,8,11H2,1-3H3. The van der Waals surface area contributed by atoms with Crippen LogP contribution in [0, 0.1) is 13.8 Å². The maximum absolute atomic E-state index is 13.1. The number of carbonyl (C=O) groups is 2. The highest BCUT2D eigenvalue weighted by molar-refractivity contribution is 7.89. The van der Waals surface area contributed by atoms with Crippen molar-refractivity contribution in [1.82, 2.24) is 4.31 Å². The molecule has 27 heavy (non-hydrogen) atoms. The Hall–Kier alpha value is -2.31. The lowest BCUT2D eigenvalue weighted by Gasteiger charge is -2.23. The summed E-state index contributed by atoms with van der Waals surface area (Å²) in [6.07, 6.45) is 1.13. The Morgan fingerprint density at radius 3 is 2.41 bits per heavy atom. The summed E-state index contributed by atoms with van der Waals surface area (Å²) in [7, 11) is -3.85. The van der Waals surface area contributed by atoms with Crippen molar-refractivity contribution in [3.8, 4) is 0 Å². The molecule has 1 fully saturated rings. The summed E-state index contributed by atoms with van der Waals surface area (Å²) in [5.41, 5.74) is 2.96. The molecule has 142 valence electrons. The number of carbonyl (C=O) groups excluding carboxylic acids is 2. The minimum Gasteiger partial charge on any atom is -0.295 e. The van der Waals surface area contributed by atoms with Gasteiger partial charge in [0.25, 0.3) is 0 Å². The lowest BCUT2D eigenvalue weighted by Crippen LogP contribution is -2.40. The fraction of sp³-hybridized carbons (Fsp3) is 0.333. The first-order valence-electron chi connectivity index (χ1n) is 8.96. The number of aryl methyl sites for hydroxylation is 2. The van der Waals surface area contributed by atoms with E-state index in [9.17, 15) is 18.0 Å². The summed E-state index contributed by atoms with van der Waals surface area (Å²) in [6.45, 7) is 5.60. The van der Waals surface area contributed by atoms with Crippen LogP contribution in [0.3, 0.4) is 0 Å². The van der Waals surface area contributed by atoms with Gasteiger partial charge >= 0.3 is 0 Å². The quantitative estimate of drug-likeness (QED) is 0.738. The number of ketones is 2. The lowest BCUT2D eigenvalue weighted by atomic mass is 9.99. The third kappa shape index (κ3) is 3.73. The summed E-state index contributed by atoms with van der Waals surface area (Å²) in [6, 6.07) is 10.7. The van der Waals surface area contributed by atoms with Crippen molar-refractivity contribution >= 4 is 21.6 Å².